The van der Waals surface area contributed by atoms with Crippen molar-refractivity contribution in [3.63, 3.8) is 0 Å². The number of nitrogens with one attached hydrogen (secondary N) is 1. The number of hydrogen-bond acceptors (Lipinski definition) is 8. The highest BCUT2D eigenvalue weighted by molar-refractivity contribution is 5.83. The molecule has 1 heterocycles. The van der Waals surface area contributed by atoms with Crippen molar-refractivity contribution in [2.45, 2.75) is 63.3 Å². The highest BCUT2D eigenvalue weighted by Crippen LogP contribution is 2.33. The van der Waals surface area contributed by atoms with Gasteiger partial charge in [-0.05, 0) is 6.92 Å². The predicted octanol–water partition coefficient (Wildman–Crippen LogP) is -2.25. The summed E-state index contributed by atoms with van der Waals surface area (Å²) in [4.78, 5) is 33.4. The number of ketones is 1. The number of amides is 1. The third-order valence-corrected chi connectivity index (χ3v) is 4.22. The van der Waals surface area contributed by atoms with E-state index in [1.54, 1.807) is 0 Å². The summed E-state index contributed by atoms with van der Waals surface area (Å²) in [5.41, 5.74) is 0. The first kappa shape index (κ1) is 21.5. The molecule has 0 aromatic carbocycles. The lowest BCUT2D eigenvalue weighted by atomic mass is 9.84. The minimum atomic E-state index is -2.68. The molecule has 6 N–H and O–H groups in total. The Kier molecular flexibility index (Phi) is 7.44. The van der Waals surface area contributed by atoms with Gasteiger partial charge in [-0.3, -0.25) is 4.79 Å². The average Bonchev–Trinajstić information content (AvgIpc) is 2.53. The average molecular weight is 363 g/mol. The molecule has 0 bridgehead atoms. The summed E-state index contributed by atoms with van der Waals surface area (Å²) in [5, 5.41) is 51.3. The number of Topliss-reactive ketones (excluding diaryl/α,β-unsaturated/α-hetero) is 1. The highest BCUT2D eigenvalue weighted by atomic mass is 16.7. The number of hydrogen-bond donors (Lipinski definition) is 6. The van der Waals surface area contributed by atoms with Gasteiger partial charge in [0.15, 0.2) is 0 Å². The second-order valence-corrected chi connectivity index (χ2v) is 6.37. The van der Waals surface area contributed by atoms with Gasteiger partial charge >= 0.3 is 5.97 Å². The Hall–Kier alpha value is -1.59. The van der Waals surface area contributed by atoms with Crippen molar-refractivity contribution in [1.82, 2.24) is 5.32 Å². The van der Waals surface area contributed by atoms with Crippen LogP contribution in [0.15, 0.2) is 0 Å². The number of aliphatic hydroxyl groups is 4. The van der Waals surface area contributed by atoms with Crippen molar-refractivity contribution in [1.29, 1.82) is 0 Å². The summed E-state index contributed by atoms with van der Waals surface area (Å²) in [6.45, 7) is 2.44. The third-order valence-electron chi connectivity index (χ3n) is 4.22. The van der Waals surface area contributed by atoms with Gasteiger partial charge in [0.2, 0.25) is 5.91 Å². The quantitative estimate of drug-likeness (QED) is 0.278. The van der Waals surface area contributed by atoms with Crippen LogP contribution in [-0.4, -0.2) is 79.9 Å². The molecule has 25 heavy (non-hydrogen) atoms. The maximum atomic E-state index is 11.5. The lowest BCUT2D eigenvalue weighted by Gasteiger charge is -2.43. The van der Waals surface area contributed by atoms with Crippen LogP contribution in [0.1, 0.15) is 33.1 Å². The fourth-order valence-corrected chi connectivity index (χ4v) is 2.52. The fourth-order valence-electron chi connectivity index (χ4n) is 2.52. The van der Waals surface area contributed by atoms with Crippen LogP contribution in [0.2, 0.25) is 0 Å². The van der Waals surface area contributed by atoms with Crippen LogP contribution in [0, 0.1) is 5.92 Å². The number of rotatable bonds is 8. The van der Waals surface area contributed by atoms with Crippen LogP contribution < -0.4 is 5.32 Å². The van der Waals surface area contributed by atoms with Crippen molar-refractivity contribution < 1.29 is 44.7 Å². The Morgan fingerprint density at radius 1 is 1.28 bits per heavy atom. The minimum Gasteiger partial charge on any atom is -0.477 e. The molecule has 1 aliphatic heterocycles. The molecule has 0 radical (unpaired) electrons. The van der Waals surface area contributed by atoms with E-state index in [-0.39, 0.29) is 25.2 Å². The Bertz CT molecular complexity index is 511. The van der Waals surface area contributed by atoms with E-state index in [1.807, 2.05) is 0 Å². The van der Waals surface area contributed by atoms with Crippen molar-refractivity contribution >= 4 is 17.7 Å². The number of aliphatic carboxylic acids is 1. The number of carbonyl (C=O) groups is 3. The number of carbonyl (C=O) groups excluding carboxylic acids is 2. The molecular weight excluding hydrogens is 338 g/mol. The van der Waals surface area contributed by atoms with E-state index >= 15 is 0 Å². The van der Waals surface area contributed by atoms with E-state index in [2.05, 4.69) is 5.32 Å². The van der Waals surface area contributed by atoms with Gasteiger partial charge in [0, 0.05) is 31.7 Å². The lowest BCUT2D eigenvalue weighted by molar-refractivity contribution is -0.301. The van der Waals surface area contributed by atoms with Crippen molar-refractivity contribution in [3.05, 3.63) is 0 Å². The van der Waals surface area contributed by atoms with Gasteiger partial charge in [-0.25, -0.2) is 4.79 Å². The van der Waals surface area contributed by atoms with Crippen LogP contribution in [0.3, 0.4) is 0 Å². The molecule has 0 spiro atoms. The van der Waals surface area contributed by atoms with Crippen LogP contribution >= 0.6 is 0 Å². The SMILES string of the molecule is CC(=O)CCC(=O)NC[C@@H](O)[C@@H](O)C1OC(O)(C(=O)O)C[C@@H](O)[C@H]1C. The maximum Gasteiger partial charge on any atom is 0.364 e. The first-order chi connectivity index (χ1) is 11.5. The van der Waals surface area contributed by atoms with Gasteiger partial charge < -0.3 is 40.4 Å². The normalized spacial score (nSPS) is 31.8. The van der Waals surface area contributed by atoms with Crippen molar-refractivity contribution in [2.75, 3.05) is 6.54 Å². The standard InChI is InChI=1S/C15H25NO9/c1-7(17)3-4-11(20)16-6-10(19)12(21)13-8(2)9(18)5-15(24,25-13)14(22)23/h8-10,12-13,18-19,21,24H,3-6H2,1-2H3,(H,16,20)(H,22,23)/t8-,9-,10-,12-,13?,15?/m1/s1. The van der Waals surface area contributed by atoms with E-state index in [0.29, 0.717) is 0 Å². The van der Waals surface area contributed by atoms with Gasteiger partial charge in [-0.2, -0.15) is 0 Å². The second-order valence-electron chi connectivity index (χ2n) is 6.37. The molecule has 1 fully saturated rings. The summed E-state index contributed by atoms with van der Waals surface area (Å²) in [5.74, 6) is -5.83. The first-order valence-electron chi connectivity index (χ1n) is 7.92. The largest absolute Gasteiger partial charge is 0.477 e. The monoisotopic (exact) mass is 363 g/mol. The van der Waals surface area contributed by atoms with E-state index in [1.165, 1.54) is 13.8 Å². The topological polar surface area (TPSA) is 174 Å². The smallest absolute Gasteiger partial charge is 0.364 e. The van der Waals surface area contributed by atoms with Crippen molar-refractivity contribution in [3.8, 4) is 0 Å². The van der Waals surface area contributed by atoms with Gasteiger partial charge in [-0.15, -0.1) is 0 Å². The molecule has 1 amide bonds. The Balaban J connectivity index is 2.66. The zero-order valence-corrected chi connectivity index (χ0v) is 14.1. The Labute approximate surface area is 144 Å². The fraction of sp³-hybridized carbons (Fsp3) is 0.800. The molecule has 1 aliphatic rings. The predicted molar refractivity (Wildman–Crippen MR) is 82.2 cm³/mol. The number of ether oxygens (including phenoxy) is 1. The van der Waals surface area contributed by atoms with E-state index in [0.717, 1.165) is 0 Å². The summed E-state index contributed by atoms with van der Waals surface area (Å²) in [7, 11) is 0. The molecule has 0 aliphatic carbocycles. The minimum absolute atomic E-state index is 0.0467. The second kappa shape index (κ2) is 8.68. The molecule has 144 valence electrons. The van der Waals surface area contributed by atoms with Gasteiger partial charge in [-0.1, -0.05) is 6.92 Å². The molecular formula is C15H25NO9. The molecule has 1 saturated heterocycles. The lowest BCUT2D eigenvalue weighted by Crippen LogP contribution is -2.60. The maximum absolute atomic E-state index is 11.5. The molecule has 0 aromatic rings. The zero-order valence-electron chi connectivity index (χ0n) is 14.1. The van der Waals surface area contributed by atoms with Crippen molar-refractivity contribution in [2.24, 2.45) is 5.92 Å². The van der Waals surface area contributed by atoms with Gasteiger partial charge in [0.25, 0.3) is 5.79 Å². The first-order valence-corrected chi connectivity index (χ1v) is 7.92. The van der Waals surface area contributed by atoms with Gasteiger partial charge in [0.1, 0.15) is 11.9 Å². The summed E-state index contributed by atoms with van der Waals surface area (Å²) in [6.07, 6.45) is -6.43. The number of carboxylic acids is 1. The third kappa shape index (κ3) is 5.72. The molecule has 2 unspecified atom stereocenters. The molecule has 1 rings (SSSR count). The van der Waals surface area contributed by atoms with Crippen LogP contribution in [0.5, 0.6) is 0 Å². The molecule has 0 saturated carbocycles. The van der Waals surface area contributed by atoms with E-state index < -0.39 is 54.4 Å². The van der Waals surface area contributed by atoms with Crippen LogP contribution in [-0.2, 0) is 19.1 Å². The van der Waals surface area contributed by atoms with Crippen LogP contribution in [0.4, 0.5) is 0 Å². The Morgan fingerprint density at radius 2 is 1.88 bits per heavy atom. The molecule has 6 atom stereocenters. The summed E-state index contributed by atoms with van der Waals surface area (Å²) < 4.78 is 5.02. The van der Waals surface area contributed by atoms with Crippen LogP contribution in [0.25, 0.3) is 0 Å². The summed E-state index contributed by atoms with van der Waals surface area (Å²) >= 11 is 0. The van der Waals surface area contributed by atoms with Gasteiger partial charge in [0.05, 0.1) is 18.3 Å². The Morgan fingerprint density at radius 3 is 2.40 bits per heavy atom. The van der Waals surface area contributed by atoms with E-state index in [4.69, 9.17) is 9.84 Å². The number of aliphatic hydroxyl groups excluding tert-OH is 3. The molecule has 0 aromatic heterocycles. The summed E-state index contributed by atoms with van der Waals surface area (Å²) in [6, 6.07) is 0. The zero-order chi connectivity index (χ0) is 19.4. The highest BCUT2D eigenvalue weighted by Gasteiger charge is 2.52. The molecule has 10 nitrogen and oxygen atoms in total. The van der Waals surface area contributed by atoms with E-state index in [9.17, 15) is 34.8 Å². The molecule has 10 heteroatoms. The number of carboxylic acid groups (broad SMARTS) is 1.